The highest BCUT2D eigenvalue weighted by atomic mass is 16.5. The molecule has 1 N–H and O–H groups in total. The molecule has 0 radical (unpaired) electrons. The van der Waals surface area contributed by atoms with E-state index in [2.05, 4.69) is 17.1 Å². The van der Waals surface area contributed by atoms with Gasteiger partial charge in [-0.3, -0.25) is 14.5 Å². The van der Waals surface area contributed by atoms with Crippen LogP contribution in [0, 0.1) is 5.92 Å². The standard InChI is InChI=1S/C23H26N2O3/c1-15-22(17-10-12-25(15)13-11-17)24-23(27)18-6-8-20(9-7-18)28-21-5-3-4-19(14-21)16(2)26/h3-9,14-15,17,22H,10-13H2,1-2H3,(H,24,27)/t15-,22-/m0/s1. The minimum Gasteiger partial charge on any atom is -0.457 e. The molecule has 2 atom stereocenters. The molecule has 0 saturated carbocycles. The number of benzene rings is 2. The normalized spacial score (nSPS) is 25.9. The Labute approximate surface area is 165 Å². The summed E-state index contributed by atoms with van der Waals surface area (Å²) in [5.74, 6) is 1.79. The Morgan fingerprint density at radius 2 is 1.71 bits per heavy atom. The lowest BCUT2D eigenvalue weighted by Gasteiger charge is -2.49. The van der Waals surface area contributed by atoms with E-state index in [1.165, 1.54) is 19.8 Å². The zero-order valence-electron chi connectivity index (χ0n) is 16.4. The summed E-state index contributed by atoms with van der Waals surface area (Å²) in [6.45, 7) is 6.04. The quantitative estimate of drug-likeness (QED) is 0.802. The Morgan fingerprint density at radius 1 is 1.00 bits per heavy atom. The summed E-state index contributed by atoms with van der Waals surface area (Å²) in [5, 5.41) is 3.25. The fourth-order valence-corrected chi connectivity index (χ4v) is 4.37. The minimum absolute atomic E-state index is 0.000520. The maximum absolute atomic E-state index is 12.7. The fourth-order valence-electron chi connectivity index (χ4n) is 4.37. The van der Waals surface area contributed by atoms with Crippen LogP contribution in [0.5, 0.6) is 11.5 Å². The number of rotatable bonds is 5. The number of Topliss-reactive ketones (excluding diaryl/α,β-unsaturated/α-hetero) is 1. The van der Waals surface area contributed by atoms with Crippen LogP contribution in [-0.4, -0.2) is 41.8 Å². The molecule has 2 aromatic carbocycles. The van der Waals surface area contributed by atoms with E-state index in [1.807, 2.05) is 6.07 Å². The van der Waals surface area contributed by atoms with Gasteiger partial charge in [0.2, 0.25) is 0 Å². The Hall–Kier alpha value is -2.66. The number of carbonyl (C=O) groups is 2. The highest BCUT2D eigenvalue weighted by Crippen LogP contribution is 2.32. The van der Waals surface area contributed by atoms with Gasteiger partial charge >= 0.3 is 0 Å². The number of carbonyl (C=O) groups excluding carboxylic acids is 2. The van der Waals surface area contributed by atoms with Crippen molar-refractivity contribution in [3.8, 4) is 11.5 Å². The molecule has 0 unspecified atom stereocenters. The van der Waals surface area contributed by atoms with E-state index in [-0.39, 0.29) is 17.7 Å². The molecule has 5 nitrogen and oxygen atoms in total. The van der Waals surface area contributed by atoms with Gasteiger partial charge in [-0.25, -0.2) is 0 Å². The Bertz CT molecular complexity index is 868. The SMILES string of the molecule is CC(=O)c1cccc(Oc2ccc(C(=O)N[C@@H]3C4CCN(CC4)[C@H]3C)cc2)c1. The van der Waals surface area contributed by atoms with E-state index in [0.29, 0.717) is 34.6 Å². The van der Waals surface area contributed by atoms with Crippen molar-refractivity contribution < 1.29 is 14.3 Å². The number of nitrogens with one attached hydrogen (secondary N) is 1. The second kappa shape index (κ2) is 7.76. The second-order valence-electron chi connectivity index (χ2n) is 7.82. The Kier molecular flexibility index (Phi) is 5.18. The Balaban J connectivity index is 1.41. The number of hydrogen-bond donors (Lipinski definition) is 1. The molecule has 3 saturated heterocycles. The van der Waals surface area contributed by atoms with E-state index in [9.17, 15) is 9.59 Å². The maximum Gasteiger partial charge on any atom is 0.251 e. The summed E-state index contributed by atoms with van der Waals surface area (Å²) in [5.41, 5.74) is 1.24. The molecule has 2 bridgehead atoms. The summed E-state index contributed by atoms with van der Waals surface area (Å²) in [6, 6.07) is 14.8. The van der Waals surface area contributed by atoms with Gasteiger partial charge in [0.05, 0.1) is 0 Å². The van der Waals surface area contributed by atoms with Crippen molar-refractivity contribution in [2.24, 2.45) is 5.92 Å². The molecular formula is C23H26N2O3. The van der Waals surface area contributed by atoms with Crippen LogP contribution in [-0.2, 0) is 0 Å². The van der Waals surface area contributed by atoms with E-state index >= 15 is 0 Å². The van der Waals surface area contributed by atoms with Gasteiger partial charge in [-0.2, -0.15) is 0 Å². The molecule has 0 aliphatic carbocycles. The van der Waals surface area contributed by atoms with Crippen LogP contribution >= 0.6 is 0 Å². The molecule has 0 aromatic heterocycles. The van der Waals surface area contributed by atoms with Crippen LogP contribution in [0.15, 0.2) is 48.5 Å². The summed E-state index contributed by atoms with van der Waals surface area (Å²) in [6.07, 6.45) is 2.34. The van der Waals surface area contributed by atoms with E-state index in [1.54, 1.807) is 42.5 Å². The van der Waals surface area contributed by atoms with Crippen molar-refractivity contribution in [3.63, 3.8) is 0 Å². The first-order valence-electron chi connectivity index (χ1n) is 9.95. The van der Waals surface area contributed by atoms with Crippen LogP contribution in [0.4, 0.5) is 0 Å². The monoisotopic (exact) mass is 378 g/mol. The van der Waals surface area contributed by atoms with Gasteiger partial charge in [0.1, 0.15) is 11.5 Å². The average Bonchev–Trinajstić information content (AvgIpc) is 2.71. The first-order valence-corrected chi connectivity index (χ1v) is 9.95. The predicted molar refractivity (Wildman–Crippen MR) is 108 cm³/mol. The van der Waals surface area contributed by atoms with Gasteiger partial charge in [-0.05, 0) is 82.1 Å². The number of hydrogen-bond acceptors (Lipinski definition) is 4. The van der Waals surface area contributed by atoms with Crippen LogP contribution < -0.4 is 10.1 Å². The molecule has 3 aliphatic heterocycles. The van der Waals surface area contributed by atoms with Crippen molar-refractivity contribution in [1.82, 2.24) is 10.2 Å². The van der Waals surface area contributed by atoms with Crippen molar-refractivity contribution >= 4 is 11.7 Å². The van der Waals surface area contributed by atoms with Crippen LogP contribution in [0.1, 0.15) is 47.4 Å². The molecule has 2 aromatic rings. The third-order valence-corrected chi connectivity index (χ3v) is 6.07. The van der Waals surface area contributed by atoms with Gasteiger partial charge in [-0.15, -0.1) is 0 Å². The molecular weight excluding hydrogens is 352 g/mol. The minimum atomic E-state index is -0.0317. The molecule has 28 heavy (non-hydrogen) atoms. The lowest BCUT2D eigenvalue weighted by Crippen LogP contribution is -2.62. The molecule has 3 heterocycles. The highest BCUT2D eigenvalue weighted by molar-refractivity contribution is 5.95. The van der Waals surface area contributed by atoms with Crippen molar-refractivity contribution in [1.29, 1.82) is 0 Å². The largest absolute Gasteiger partial charge is 0.457 e. The van der Waals surface area contributed by atoms with Gasteiger partial charge < -0.3 is 10.1 Å². The lowest BCUT2D eigenvalue weighted by molar-refractivity contribution is 0.0217. The summed E-state index contributed by atoms with van der Waals surface area (Å²) >= 11 is 0. The third-order valence-electron chi connectivity index (χ3n) is 6.07. The lowest BCUT2D eigenvalue weighted by atomic mass is 9.79. The van der Waals surface area contributed by atoms with E-state index in [4.69, 9.17) is 4.74 Å². The van der Waals surface area contributed by atoms with Gasteiger partial charge in [0.25, 0.3) is 5.91 Å². The number of amides is 1. The first kappa shape index (κ1) is 18.7. The molecule has 3 fully saturated rings. The maximum atomic E-state index is 12.7. The average molecular weight is 378 g/mol. The number of nitrogens with zero attached hydrogens (tertiary/aromatic N) is 1. The fraction of sp³-hybridized carbons (Fsp3) is 0.391. The van der Waals surface area contributed by atoms with Crippen LogP contribution in [0.25, 0.3) is 0 Å². The summed E-state index contributed by atoms with van der Waals surface area (Å²) in [7, 11) is 0. The molecule has 0 spiro atoms. The second-order valence-corrected chi connectivity index (χ2v) is 7.82. The van der Waals surface area contributed by atoms with Gasteiger partial charge in [0.15, 0.2) is 5.78 Å². The van der Waals surface area contributed by atoms with Gasteiger partial charge in [-0.1, -0.05) is 12.1 Å². The number of ether oxygens (including phenoxy) is 1. The van der Waals surface area contributed by atoms with Crippen LogP contribution in [0.2, 0.25) is 0 Å². The number of fused-ring (bicyclic) bond motifs is 3. The van der Waals surface area contributed by atoms with Crippen molar-refractivity contribution in [2.75, 3.05) is 13.1 Å². The summed E-state index contributed by atoms with van der Waals surface area (Å²) in [4.78, 5) is 26.7. The first-order chi connectivity index (χ1) is 13.5. The Morgan fingerprint density at radius 3 is 2.36 bits per heavy atom. The molecule has 1 amide bonds. The van der Waals surface area contributed by atoms with Crippen LogP contribution in [0.3, 0.4) is 0 Å². The smallest absolute Gasteiger partial charge is 0.251 e. The summed E-state index contributed by atoms with van der Waals surface area (Å²) < 4.78 is 5.82. The van der Waals surface area contributed by atoms with Crippen molar-refractivity contribution in [2.45, 2.75) is 38.8 Å². The zero-order chi connectivity index (χ0) is 19.7. The van der Waals surface area contributed by atoms with E-state index < -0.39 is 0 Å². The highest BCUT2D eigenvalue weighted by Gasteiger charge is 2.40. The van der Waals surface area contributed by atoms with Crippen molar-refractivity contribution in [3.05, 3.63) is 59.7 Å². The molecule has 5 rings (SSSR count). The van der Waals surface area contributed by atoms with E-state index in [0.717, 1.165) is 13.1 Å². The number of ketones is 1. The number of piperidine rings is 3. The molecule has 146 valence electrons. The third kappa shape index (κ3) is 3.80. The topological polar surface area (TPSA) is 58.6 Å². The molecule has 3 aliphatic rings. The zero-order valence-corrected chi connectivity index (χ0v) is 16.4. The predicted octanol–water partition coefficient (Wildman–Crippen LogP) is 3.89. The van der Waals surface area contributed by atoms with Gasteiger partial charge in [0, 0.05) is 23.2 Å². The molecule has 5 heteroatoms.